The standard InChI is InChI=1S/C27H26N4O4/c1-33-21-13-11-20(12-14-21)26-28-25(35-29-26)19-30-15-17-31(18-16-30)27(32)23-9-5-6-10-24(23)34-22-7-3-2-4-8-22/h2-14H,15-19H2,1H3. The van der Waals surface area contributed by atoms with E-state index in [2.05, 4.69) is 15.0 Å². The first-order chi connectivity index (χ1) is 17.2. The van der Waals surface area contributed by atoms with E-state index in [4.69, 9.17) is 14.0 Å². The van der Waals surface area contributed by atoms with E-state index in [0.29, 0.717) is 61.5 Å². The molecule has 0 bridgehead atoms. The number of para-hydroxylation sites is 2. The van der Waals surface area contributed by atoms with Crippen LogP contribution in [0.4, 0.5) is 0 Å². The fourth-order valence-corrected chi connectivity index (χ4v) is 3.99. The molecular weight excluding hydrogens is 444 g/mol. The molecular formula is C27H26N4O4. The van der Waals surface area contributed by atoms with Crippen LogP contribution >= 0.6 is 0 Å². The number of amides is 1. The molecule has 1 aromatic heterocycles. The Hall–Kier alpha value is -4.17. The zero-order valence-electron chi connectivity index (χ0n) is 19.5. The van der Waals surface area contributed by atoms with E-state index in [1.807, 2.05) is 83.8 Å². The second-order valence-electron chi connectivity index (χ2n) is 8.22. The van der Waals surface area contributed by atoms with E-state index in [1.54, 1.807) is 7.11 Å². The van der Waals surface area contributed by atoms with E-state index in [9.17, 15) is 4.79 Å². The summed E-state index contributed by atoms with van der Waals surface area (Å²) in [5, 5.41) is 4.10. The number of carbonyl (C=O) groups excluding carboxylic acids is 1. The first-order valence-corrected chi connectivity index (χ1v) is 11.5. The number of piperazine rings is 1. The van der Waals surface area contributed by atoms with Gasteiger partial charge in [-0.25, -0.2) is 0 Å². The summed E-state index contributed by atoms with van der Waals surface area (Å²) in [6.45, 7) is 3.19. The van der Waals surface area contributed by atoms with Crippen molar-refractivity contribution in [3.63, 3.8) is 0 Å². The number of nitrogens with zero attached hydrogens (tertiary/aromatic N) is 4. The minimum Gasteiger partial charge on any atom is -0.497 e. The average molecular weight is 471 g/mol. The Bertz CT molecular complexity index is 1270. The molecule has 1 saturated heterocycles. The molecule has 8 nitrogen and oxygen atoms in total. The molecule has 35 heavy (non-hydrogen) atoms. The summed E-state index contributed by atoms with van der Waals surface area (Å²) in [4.78, 5) is 21.9. The van der Waals surface area contributed by atoms with Crippen molar-refractivity contribution in [3.8, 4) is 28.6 Å². The molecule has 1 aliphatic heterocycles. The van der Waals surface area contributed by atoms with Gasteiger partial charge in [0.2, 0.25) is 11.7 Å². The largest absolute Gasteiger partial charge is 0.497 e. The van der Waals surface area contributed by atoms with Crippen molar-refractivity contribution in [3.05, 3.63) is 90.3 Å². The van der Waals surface area contributed by atoms with Crippen molar-refractivity contribution in [2.45, 2.75) is 6.54 Å². The number of hydrogen-bond donors (Lipinski definition) is 0. The number of carbonyl (C=O) groups is 1. The molecule has 0 unspecified atom stereocenters. The van der Waals surface area contributed by atoms with Crippen LogP contribution in [0.1, 0.15) is 16.2 Å². The Morgan fingerprint density at radius 1 is 0.886 bits per heavy atom. The SMILES string of the molecule is COc1ccc(-c2noc(CN3CCN(C(=O)c4ccccc4Oc4ccccc4)CC3)n2)cc1. The first kappa shape index (κ1) is 22.6. The molecule has 0 saturated carbocycles. The van der Waals surface area contributed by atoms with Gasteiger partial charge in [0.05, 0.1) is 19.2 Å². The lowest BCUT2D eigenvalue weighted by Gasteiger charge is -2.34. The number of ether oxygens (including phenoxy) is 2. The van der Waals surface area contributed by atoms with Gasteiger partial charge in [-0.2, -0.15) is 4.98 Å². The van der Waals surface area contributed by atoms with Gasteiger partial charge >= 0.3 is 0 Å². The minimum absolute atomic E-state index is 0.0317. The highest BCUT2D eigenvalue weighted by Gasteiger charge is 2.25. The highest BCUT2D eigenvalue weighted by molar-refractivity contribution is 5.97. The minimum atomic E-state index is -0.0317. The third-order valence-corrected chi connectivity index (χ3v) is 5.92. The van der Waals surface area contributed by atoms with Crippen molar-refractivity contribution in [2.75, 3.05) is 33.3 Å². The molecule has 8 heteroatoms. The maximum atomic E-state index is 13.3. The van der Waals surface area contributed by atoms with Crippen molar-refractivity contribution in [2.24, 2.45) is 0 Å². The van der Waals surface area contributed by atoms with Crippen LogP contribution in [0.15, 0.2) is 83.4 Å². The van der Waals surface area contributed by atoms with Crippen LogP contribution in [0.25, 0.3) is 11.4 Å². The van der Waals surface area contributed by atoms with Crippen LogP contribution in [0.3, 0.4) is 0 Å². The molecule has 0 N–H and O–H groups in total. The molecule has 0 atom stereocenters. The molecule has 0 spiro atoms. The fraction of sp³-hybridized carbons (Fsp3) is 0.222. The van der Waals surface area contributed by atoms with E-state index >= 15 is 0 Å². The number of aromatic nitrogens is 2. The lowest BCUT2D eigenvalue weighted by Crippen LogP contribution is -2.48. The van der Waals surface area contributed by atoms with E-state index in [1.165, 1.54) is 0 Å². The first-order valence-electron chi connectivity index (χ1n) is 11.5. The van der Waals surface area contributed by atoms with Crippen LogP contribution in [0, 0.1) is 0 Å². The summed E-state index contributed by atoms with van der Waals surface area (Å²) in [6, 6.07) is 24.4. The molecule has 2 heterocycles. The third kappa shape index (κ3) is 5.33. The topological polar surface area (TPSA) is 80.9 Å². The van der Waals surface area contributed by atoms with Gasteiger partial charge in [0.25, 0.3) is 5.91 Å². The maximum Gasteiger partial charge on any atom is 0.257 e. The Balaban J connectivity index is 1.18. The van der Waals surface area contributed by atoms with Gasteiger partial charge in [-0.05, 0) is 48.5 Å². The molecule has 0 aliphatic carbocycles. The predicted molar refractivity (Wildman–Crippen MR) is 130 cm³/mol. The molecule has 0 radical (unpaired) electrons. The summed E-state index contributed by atoms with van der Waals surface area (Å²) in [5.41, 5.74) is 1.43. The Morgan fingerprint density at radius 2 is 1.60 bits per heavy atom. The number of benzene rings is 3. The van der Waals surface area contributed by atoms with Crippen LogP contribution in [-0.2, 0) is 6.54 Å². The molecule has 178 valence electrons. The van der Waals surface area contributed by atoms with Crippen molar-refractivity contribution in [1.29, 1.82) is 0 Å². The zero-order chi connectivity index (χ0) is 24.0. The predicted octanol–water partition coefficient (Wildman–Crippen LogP) is 4.50. The Labute approximate surface area is 203 Å². The van der Waals surface area contributed by atoms with Gasteiger partial charge in [0.1, 0.15) is 17.2 Å². The fourth-order valence-electron chi connectivity index (χ4n) is 3.99. The summed E-state index contributed by atoms with van der Waals surface area (Å²) in [7, 11) is 1.63. The summed E-state index contributed by atoms with van der Waals surface area (Å²) >= 11 is 0. The number of hydrogen-bond acceptors (Lipinski definition) is 7. The highest BCUT2D eigenvalue weighted by atomic mass is 16.5. The van der Waals surface area contributed by atoms with Crippen LogP contribution in [0.5, 0.6) is 17.2 Å². The van der Waals surface area contributed by atoms with E-state index < -0.39 is 0 Å². The Morgan fingerprint density at radius 3 is 2.34 bits per heavy atom. The normalized spacial score (nSPS) is 14.0. The molecule has 1 amide bonds. The highest BCUT2D eigenvalue weighted by Crippen LogP contribution is 2.27. The van der Waals surface area contributed by atoms with Crippen molar-refractivity contribution < 1.29 is 18.8 Å². The second-order valence-corrected chi connectivity index (χ2v) is 8.22. The van der Waals surface area contributed by atoms with E-state index in [-0.39, 0.29) is 5.91 Å². The number of rotatable bonds is 7. The second kappa shape index (κ2) is 10.4. The number of methoxy groups -OCH3 is 1. The molecule has 4 aromatic rings. The molecule has 1 fully saturated rings. The summed E-state index contributed by atoms with van der Waals surface area (Å²) in [6.07, 6.45) is 0. The summed E-state index contributed by atoms with van der Waals surface area (Å²) in [5.74, 6) is 3.10. The monoisotopic (exact) mass is 470 g/mol. The van der Waals surface area contributed by atoms with Gasteiger partial charge in [-0.15, -0.1) is 0 Å². The lowest BCUT2D eigenvalue weighted by molar-refractivity contribution is 0.0612. The molecule has 5 rings (SSSR count). The molecule has 3 aromatic carbocycles. The summed E-state index contributed by atoms with van der Waals surface area (Å²) < 4.78 is 16.6. The third-order valence-electron chi connectivity index (χ3n) is 5.92. The van der Waals surface area contributed by atoms with Crippen molar-refractivity contribution in [1.82, 2.24) is 19.9 Å². The quantitative estimate of drug-likeness (QED) is 0.393. The smallest absolute Gasteiger partial charge is 0.257 e. The van der Waals surface area contributed by atoms with E-state index in [0.717, 1.165) is 11.3 Å². The van der Waals surface area contributed by atoms with Gasteiger partial charge in [-0.1, -0.05) is 35.5 Å². The van der Waals surface area contributed by atoms with Gasteiger partial charge in [0, 0.05) is 31.7 Å². The van der Waals surface area contributed by atoms with Gasteiger partial charge < -0.3 is 18.9 Å². The maximum absolute atomic E-state index is 13.3. The van der Waals surface area contributed by atoms with Gasteiger partial charge in [0.15, 0.2) is 0 Å². The lowest BCUT2D eigenvalue weighted by atomic mass is 10.1. The van der Waals surface area contributed by atoms with Crippen LogP contribution < -0.4 is 9.47 Å². The van der Waals surface area contributed by atoms with Gasteiger partial charge in [-0.3, -0.25) is 9.69 Å². The zero-order valence-corrected chi connectivity index (χ0v) is 19.5. The van der Waals surface area contributed by atoms with Crippen LogP contribution in [-0.4, -0.2) is 59.1 Å². The molecule has 1 aliphatic rings. The van der Waals surface area contributed by atoms with Crippen LogP contribution in [0.2, 0.25) is 0 Å². The Kier molecular flexibility index (Phi) is 6.72. The van der Waals surface area contributed by atoms with Crippen molar-refractivity contribution >= 4 is 5.91 Å². The average Bonchev–Trinajstić information content (AvgIpc) is 3.38.